The normalized spacial score (nSPS) is 14.7. The second-order valence-corrected chi connectivity index (χ2v) is 5.65. The molecule has 7 heteroatoms. The third-order valence-electron chi connectivity index (χ3n) is 3.31. The van der Waals surface area contributed by atoms with Crippen LogP contribution in [0.15, 0.2) is 24.3 Å². The lowest BCUT2D eigenvalue weighted by Crippen LogP contribution is -2.37. The van der Waals surface area contributed by atoms with Crippen molar-refractivity contribution in [2.45, 2.75) is 32.2 Å². The number of carboxylic acid groups (broad SMARTS) is 1. The van der Waals surface area contributed by atoms with Crippen LogP contribution in [0.25, 0.3) is 0 Å². The second kappa shape index (κ2) is 7.62. The number of carboxylic acids is 1. The van der Waals surface area contributed by atoms with Gasteiger partial charge in [0.1, 0.15) is 5.75 Å². The van der Waals surface area contributed by atoms with Crippen molar-refractivity contribution < 1.29 is 24.2 Å². The molecule has 1 aromatic carbocycles. The fraction of sp³-hybridized carbons (Fsp3) is 0.438. The van der Waals surface area contributed by atoms with Gasteiger partial charge in [0, 0.05) is 23.7 Å². The maximum absolute atomic E-state index is 11.7. The Labute approximate surface area is 134 Å². The van der Waals surface area contributed by atoms with Crippen molar-refractivity contribution in [1.29, 1.82) is 0 Å². The molecule has 0 spiro atoms. The van der Waals surface area contributed by atoms with Gasteiger partial charge in [-0.15, -0.1) is 0 Å². The van der Waals surface area contributed by atoms with E-state index in [9.17, 15) is 14.4 Å². The Morgan fingerprint density at radius 2 is 2.09 bits per heavy atom. The second-order valence-electron chi connectivity index (χ2n) is 5.65. The van der Waals surface area contributed by atoms with Crippen molar-refractivity contribution in [2.24, 2.45) is 5.92 Å². The molecule has 2 amide bonds. The van der Waals surface area contributed by atoms with Gasteiger partial charge >= 0.3 is 5.97 Å². The zero-order chi connectivity index (χ0) is 16.8. The van der Waals surface area contributed by atoms with Gasteiger partial charge in [-0.2, -0.15) is 0 Å². The van der Waals surface area contributed by atoms with Crippen LogP contribution in [0.4, 0.5) is 5.69 Å². The van der Waals surface area contributed by atoms with Gasteiger partial charge in [-0.25, -0.2) is 0 Å². The number of aliphatic carboxylic acids is 1. The Balaban J connectivity index is 1.79. The zero-order valence-corrected chi connectivity index (χ0v) is 12.9. The fourth-order valence-corrected chi connectivity index (χ4v) is 2.03. The van der Waals surface area contributed by atoms with Crippen LogP contribution >= 0.6 is 0 Å². The Hall–Kier alpha value is -2.57. The molecular formula is C16H20N2O5. The first-order valence-corrected chi connectivity index (χ1v) is 7.49. The van der Waals surface area contributed by atoms with Crippen LogP contribution in [0.2, 0.25) is 0 Å². The average molecular weight is 320 g/mol. The number of hydrogen-bond acceptors (Lipinski definition) is 4. The molecule has 23 heavy (non-hydrogen) atoms. The van der Waals surface area contributed by atoms with Crippen LogP contribution < -0.4 is 15.4 Å². The number of carbonyl (C=O) groups is 3. The molecule has 0 aliphatic heterocycles. The molecular weight excluding hydrogens is 300 g/mol. The SMILES string of the molecule is CC(CC(=O)O)NC(=O)COc1cccc(NC(=O)C2CC2)c1. The lowest BCUT2D eigenvalue weighted by molar-refractivity contribution is -0.137. The van der Waals surface area contributed by atoms with Crippen molar-refractivity contribution in [3.8, 4) is 5.75 Å². The van der Waals surface area contributed by atoms with Gasteiger partial charge in [-0.3, -0.25) is 14.4 Å². The summed E-state index contributed by atoms with van der Waals surface area (Å²) in [6.45, 7) is 1.39. The largest absolute Gasteiger partial charge is 0.484 e. The number of anilines is 1. The zero-order valence-electron chi connectivity index (χ0n) is 12.9. The highest BCUT2D eigenvalue weighted by Gasteiger charge is 2.29. The molecule has 1 aliphatic carbocycles. The van der Waals surface area contributed by atoms with Gasteiger partial charge in [0.05, 0.1) is 6.42 Å². The van der Waals surface area contributed by atoms with Gasteiger partial charge < -0.3 is 20.5 Å². The lowest BCUT2D eigenvalue weighted by atomic mass is 10.2. The third-order valence-corrected chi connectivity index (χ3v) is 3.31. The molecule has 0 heterocycles. The summed E-state index contributed by atoms with van der Waals surface area (Å²) in [5, 5.41) is 14.0. The highest BCUT2D eigenvalue weighted by Crippen LogP contribution is 2.30. The standard InChI is InChI=1S/C16H20N2O5/c1-10(7-15(20)21)17-14(19)9-23-13-4-2-3-12(8-13)18-16(22)11-5-6-11/h2-4,8,10-11H,5-7,9H2,1H3,(H,17,19)(H,18,22)(H,20,21). The van der Waals surface area contributed by atoms with E-state index in [4.69, 9.17) is 9.84 Å². The number of amides is 2. The van der Waals surface area contributed by atoms with E-state index in [-0.39, 0.29) is 24.9 Å². The lowest BCUT2D eigenvalue weighted by Gasteiger charge is -2.12. The molecule has 1 aliphatic rings. The van der Waals surface area contributed by atoms with Crippen LogP contribution in [0.1, 0.15) is 26.2 Å². The summed E-state index contributed by atoms with van der Waals surface area (Å²) < 4.78 is 5.36. The molecule has 3 N–H and O–H groups in total. The monoisotopic (exact) mass is 320 g/mol. The molecule has 1 aromatic rings. The Morgan fingerprint density at radius 3 is 2.74 bits per heavy atom. The first-order valence-electron chi connectivity index (χ1n) is 7.49. The Bertz CT molecular complexity index is 598. The van der Waals surface area contributed by atoms with E-state index in [1.807, 2.05) is 0 Å². The summed E-state index contributed by atoms with van der Waals surface area (Å²) in [5.41, 5.74) is 0.624. The molecule has 0 radical (unpaired) electrons. The highest BCUT2D eigenvalue weighted by molar-refractivity contribution is 5.94. The highest BCUT2D eigenvalue weighted by atomic mass is 16.5. The minimum Gasteiger partial charge on any atom is -0.484 e. The molecule has 0 aromatic heterocycles. The molecule has 2 rings (SSSR count). The summed E-state index contributed by atoms with van der Waals surface area (Å²) in [4.78, 5) is 33.9. The molecule has 124 valence electrons. The summed E-state index contributed by atoms with van der Waals surface area (Å²) >= 11 is 0. The van der Waals surface area contributed by atoms with Gasteiger partial charge in [0.2, 0.25) is 5.91 Å². The molecule has 7 nitrogen and oxygen atoms in total. The topological polar surface area (TPSA) is 105 Å². The van der Waals surface area contributed by atoms with Gasteiger partial charge in [0.15, 0.2) is 6.61 Å². The predicted octanol–water partition coefficient (Wildman–Crippen LogP) is 1.39. The summed E-state index contributed by atoms with van der Waals surface area (Å²) in [5.74, 6) is -0.799. The van der Waals surface area contributed by atoms with Gasteiger partial charge in [-0.05, 0) is 31.9 Å². The molecule has 1 saturated carbocycles. The number of ether oxygens (including phenoxy) is 1. The van der Waals surface area contributed by atoms with E-state index in [1.54, 1.807) is 31.2 Å². The smallest absolute Gasteiger partial charge is 0.305 e. The van der Waals surface area contributed by atoms with Crippen LogP contribution in [0, 0.1) is 5.92 Å². The molecule has 0 saturated heterocycles. The van der Waals surface area contributed by atoms with Crippen LogP contribution in [0.3, 0.4) is 0 Å². The number of benzene rings is 1. The predicted molar refractivity (Wildman–Crippen MR) is 83.1 cm³/mol. The number of nitrogens with one attached hydrogen (secondary N) is 2. The summed E-state index contributed by atoms with van der Waals surface area (Å²) in [6, 6.07) is 6.34. The van der Waals surface area contributed by atoms with Crippen molar-refractivity contribution in [3.05, 3.63) is 24.3 Å². The van der Waals surface area contributed by atoms with Crippen molar-refractivity contribution in [1.82, 2.24) is 5.32 Å². The third kappa shape index (κ3) is 5.98. The fourth-order valence-electron chi connectivity index (χ4n) is 2.03. The van der Waals surface area contributed by atoms with E-state index < -0.39 is 17.9 Å². The molecule has 1 fully saturated rings. The summed E-state index contributed by atoms with van der Waals surface area (Å²) in [7, 11) is 0. The molecule has 1 atom stereocenters. The van der Waals surface area contributed by atoms with Crippen molar-refractivity contribution in [3.63, 3.8) is 0 Å². The maximum Gasteiger partial charge on any atom is 0.305 e. The quantitative estimate of drug-likeness (QED) is 0.671. The van der Waals surface area contributed by atoms with Gasteiger partial charge in [0.25, 0.3) is 5.91 Å². The van der Waals surface area contributed by atoms with E-state index >= 15 is 0 Å². The van der Waals surface area contributed by atoms with E-state index in [0.29, 0.717) is 11.4 Å². The number of carbonyl (C=O) groups excluding carboxylic acids is 2. The van der Waals surface area contributed by atoms with E-state index in [0.717, 1.165) is 12.8 Å². The number of rotatable bonds is 8. The maximum atomic E-state index is 11.7. The summed E-state index contributed by atoms with van der Waals surface area (Å²) in [6.07, 6.45) is 1.71. The number of hydrogen-bond donors (Lipinski definition) is 3. The minimum absolute atomic E-state index is 0.00221. The van der Waals surface area contributed by atoms with E-state index in [1.165, 1.54) is 0 Å². The first kappa shape index (κ1) is 16.8. The van der Waals surface area contributed by atoms with E-state index in [2.05, 4.69) is 10.6 Å². The minimum atomic E-state index is -0.974. The van der Waals surface area contributed by atoms with Crippen LogP contribution in [-0.2, 0) is 14.4 Å². The molecule has 0 bridgehead atoms. The Kier molecular flexibility index (Phi) is 5.56. The molecule has 1 unspecified atom stereocenters. The average Bonchev–Trinajstić information content (AvgIpc) is 3.29. The first-order chi connectivity index (χ1) is 10.9. The van der Waals surface area contributed by atoms with Crippen molar-refractivity contribution in [2.75, 3.05) is 11.9 Å². The Morgan fingerprint density at radius 1 is 1.35 bits per heavy atom. The van der Waals surface area contributed by atoms with Crippen LogP contribution in [-0.4, -0.2) is 35.5 Å². The van der Waals surface area contributed by atoms with Gasteiger partial charge in [-0.1, -0.05) is 6.07 Å². The van der Waals surface area contributed by atoms with Crippen molar-refractivity contribution >= 4 is 23.5 Å². The van der Waals surface area contributed by atoms with Crippen LogP contribution in [0.5, 0.6) is 5.75 Å².